The van der Waals surface area contributed by atoms with E-state index < -0.39 is 6.04 Å². The van der Waals surface area contributed by atoms with E-state index in [-0.39, 0.29) is 48.6 Å². The molecule has 5 N–H and O–H groups in total. The number of β-amino-alcohol motifs (C(OH)–C–C–N with tert-alkyl or cyclic N) is 1. The van der Waals surface area contributed by atoms with E-state index in [0.29, 0.717) is 17.9 Å². The molecule has 0 spiro atoms. The Morgan fingerprint density at radius 1 is 1.07 bits per heavy atom. The third-order valence-corrected chi connectivity index (χ3v) is 5.65. The molecule has 8 heteroatoms. The number of phenolic OH excluding ortho intramolecular Hbond substituents is 2. The highest BCUT2D eigenvalue weighted by molar-refractivity contribution is 5.86. The molecule has 0 saturated carbocycles. The second-order valence-corrected chi connectivity index (χ2v) is 7.24. The van der Waals surface area contributed by atoms with Crippen LogP contribution in [-0.2, 0) is 4.79 Å². The Bertz CT molecular complexity index is 906. The van der Waals surface area contributed by atoms with E-state index >= 15 is 0 Å². The minimum absolute atomic E-state index is 0.0325. The number of rotatable bonds is 6. The molecule has 0 aliphatic carbocycles. The van der Waals surface area contributed by atoms with Crippen LogP contribution in [0.4, 0.5) is 0 Å². The quantitative estimate of drug-likeness (QED) is 0.496. The van der Waals surface area contributed by atoms with Gasteiger partial charge in [0.2, 0.25) is 5.91 Å². The standard InChI is InChI=1S/C21H25N3O5/c1-2-29-16-11-12(7-8-15(16)27)20-17-18(13-5-3-4-6-14(13)26)22-23-19(17)21(28)24(20)9-10-25/h3-8,11,17-20,22-23,25-27H,2,9-10H2,1H3. The lowest BCUT2D eigenvalue weighted by Gasteiger charge is -2.31. The van der Waals surface area contributed by atoms with Gasteiger partial charge in [-0.3, -0.25) is 4.79 Å². The first-order valence-corrected chi connectivity index (χ1v) is 9.72. The highest BCUT2D eigenvalue weighted by Gasteiger charge is 2.55. The SMILES string of the molecule is CCOc1cc(C2C3C(NNC3c3ccccc3O)C(=O)N2CCO)ccc1O. The Morgan fingerprint density at radius 2 is 1.83 bits per heavy atom. The Kier molecular flexibility index (Phi) is 5.31. The van der Waals surface area contributed by atoms with Crippen LogP contribution in [0.25, 0.3) is 0 Å². The smallest absolute Gasteiger partial charge is 0.242 e. The Morgan fingerprint density at radius 3 is 2.55 bits per heavy atom. The summed E-state index contributed by atoms with van der Waals surface area (Å²) in [6.45, 7) is 2.26. The number of benzene rings is 2. The molecule has 2 saturated heterocycles. The molecule has 1 amide bonds. The average Bonchev–Trinajstić information content (AvgIpc) is 3.24. The number of carbonyl (C=O) groups is 1. The monoisotopic (exact) mass is 399 g/mol. The van der Waals surface area contributed by atoms with Crippen molar-refractivity contribution in [3.05, 3.63) is 53.6 Å². The lowest BCUT2D eigenvalue weighted by molar-refractivity contribution is -0.131. The third-order valence-electron chi connectivity index (χ3n) is 5.65. The zero-order valence-corrected chi connectivity index (χ0v) is 16.1. The molecular formula is C21H25N3O5. The van der Waals surface area contributed by atoms with Gasteiger partial charge >= 0.3 is 0 Å². The number of carbonyl (C=O) groups excluding carboxylic acids is 1. The van der Waals surface area contributed by atoms with E-state index in [4.69, 9.17) is 4.74 Å². The van der Waals surface area contributed by atoms with Crippen molar-refractivity contribution in [1.82, 2.24) is 15.8 Å². The number of fused-ring (bicyclic) bond motifs is 1. The van der Waals surface area contributed by atoms with Crippen LogP contribution >= 0.6 is 0 Å². The van der Waals surface area contributed by atoms with Gasteiger partial charge in [-0.2, -0.15) is 0 Å². The number of ether oxygens (including phenoxy) is 1. The zero-order chi connectivity index (χ0) is 20.5. The number of aliphatic hydroxyl groups is 1. The fourth-order valence-corrected chi connectivity index (χ4v) is 4.46. The maximum Gasteiger partial charge on any atom is 0.242 e. The second kappa shape index (κ2) is 7.90. The van der Waals surface area contributed by atoms with Crippen molar-refractivity contribution < 1.29 is 24.9 Å². The lowest BCUT2D eigenvalue weighted by Crippen LogP contribution is -2.42. The van der Waals surface area contributed by atoms with Crippen LogP contribution < -0.4 is 15.6 Å². The highest BCUT2D eigenvalue weighted by Crippen LogP contribution is 2.49. The van der Waals surface area contributed by atoms with Crippen molar-refractivity contribution in [2.45, 2.75) is 25.0 Å². The number of hydrazine groups is 1. The number of nitrogens with zero attached hydrogens (tertiary/aromatic N) is 1. The number of nitrogens with one attached hydrogen (secondary N) is 2. The summed E-state index contributed by atoms with van der Waals surface area (Å²) < 4.78 is 5.53. The number of aliphatic hydroxyl groups excluding tert-OH is 1. The van der Waals surface area contributed by atoms with Gasteiger partial charge < -0.3 is 25.0 Å². The van der Waals surface area contributed by atoms with Crippen molar-refractivity contribution >= 4 is 5.91 Å². The summed E-state index contributed by atoms with van der Waals surface area (Å²) in [7, 11) is 0. The number of amides is 1. The Balaban J connectivity index is 1.79. The van der Waals surface area contributed by atoms with E-state index in [1.54, 1.807) is 35.2 Å². The van der Waals surface area contributed by atoms with Crippen LogP contribution in [0.3, 0.4) is 0 Å². The molecule has 2 fully saturated rings. The van der Waals surface area contributed by atoms with Crippen LogP contribution in [0.2, 0.25) is 0 Å². The lowest BCUT2D eigenvalue weighted by atomic mass is 9.83. The summed E-state index contributed by atoms with van der Waals surface area (Å²) in [4.78, 5) is 14.7. The van der Waals surface area contributed by atoms with E-state index in [0.717, 1.165) is 5.56 Å². The highest BCUT2D eigenvalue weighted by atomic mass is 16.5. The molecule has 2 aromatic rings. The fraction of sp³-hybridized carbons (Fsp3) is 0.381. The largest absolute Gasteiger partial charge is 0.508 e. The molecule has 0 aromatic heterocycles. The molecule has 2 aliphatic rings. The van der Waals surface area contributed by atoms with Crippen molar-refractivity contribution in [3.8, 4) is 17.2 Å². The predicted octanol–water partition coefficient (Wildman–Crippen LogP) is 1.21. The van der Waals surface area contributed by atoms with Gasteiger partial charge in [-0.1, -0.05) is 24.3 Å². The number of hydrogen-bond donors (Lipinski definition) is 5. The molecule has 2 aliphatic heterocycles. The minimum atomic E-state index is -0.500. The number of hydrogen-bond acceptors (Lipinski definition) is 7. The number of phenols is 2. The number of para-hydroxylation sites is 1. The number of aromatic hydroxyl groups is 2. The van der Waals surface area contributed by atoms with Crippen LogP contribution in [-0.4, -0.2) is 51.9 Å². The Hall–Kier alpha value is -2.81. The fourth-order valence-electron chi connectivity index (χ4n) is 4.46. The summed E-state index contributed by atoms with van der Waals surface area (Å²) in [5, 5.41) is 30.0. The van der Waals surface area contributed by atoms with Gasteiger partial charge in [0.15, 0.2) is 11.5 Å². The zero-order valence-electron chi connectivity index (χ0n) is 16.1. The van der Waals surface area contributed by atoms with Crippen LogP contribution in [0, 0.1) is 5.92 Å². The molecule has 2 aromatic carbocycles. The van der Waals surface area contributed by atoms with E-state index in [2.05, 4.69) is 10.9 Å². The molecular weight excluding hydrogens is 374 g/mol. The van der Waals surface area contributed by atoms with Gasteiger partial charge in [0, 0.05) is 18.0 Å². The molecule has 2 heterocycles. The van der Waals surface area contributed by atoms with Crippen molar-refractivity contribution in [1.29, 1.82) is 0 Å². The summed E-state index contributed by atoms with van der Waals surface area (Å²) in [5.74, 6) is 0.180. The second-order valence-electron chi connectivity index (χ2n) is 7.24. The third kappa shape index (κ3) is 3.29. The van der Waals surface area contributed by atoms with Gasteiger partial charge in [0.1, 0.15) is 11.8 Å². The molecule has 0 bridgehead atoms. The normalized spacial score (nSPS) is 26.0. The average molecular weight is 399 g/mol. The maximum atomic E-state index is 13.1. The van der Waals surface area contributed by atoms with Crippen LogP contribution in [0.1, 0.15) is 30.1 Å². The van der Waals surface area contributed by atoms with E-state index in [9.17, 15) is 20.1 Å². The molecule has 8 nitrogen and oxygen atoms in total. The van der Waals surface area contributed by atoms with Gasteiger partial charge in [-0.15, -0.1) is 0 Å². The van der Waals surface area contributed by atoms with E-state index in [1.165, 1.54) is 0 Å². The molecule has 4 rings (SSSR count). The van der Waals surface area contributed by atoms with Gasteiger partial charge in [0.25, 0.3) is 0 Å². The van der Waals surface area contributed by atoms with Gasteiger partial charge in [0.05, 0.1) is 25.3 Å². The summed E-state index contributed by atoms with van der Waals surface area (Å²) in [5.41, 5.74) is 7.72. The molecule has 4 unspecified atom stereocenters. The predicted molar refractivity (Wildman–Crippen MR) is 105 cm³/mol. The maximum absolute atomic E-state index is 13.1. The van der Waals surface area contributed by atoms with E-state index in [1.807, 2.05) is 19.1 Å². The van der Waals surface area contributed by atoms with Crippen molar-refractivity contribution in [3.63, 3.8) is 0 Å². The molecule has 154 valence electrons. The topological polar surface area (TPSA) is 114 Å². The van der Waals surface area contributed by atoms with Crippen molar-refractivity contribution in [2.24, 2.45) is 5.92 Å². The van der Waals surface area contributed by atoms with Crippen molar-refractivity contribution in [2.75, 3.05) is 19.8 Å². The summed E-state index contributed by atoms with van der Waals surface area (Å²) in [6, 6.07) is 10.9. The van der Waals surface area contributed by atoms with Crippen LogP contribution in [0.15, 0.2) is 42.5 Å². The molecule has 4 atom stereocenters. The summed E-state index contributed by atoms with van der Waals surface area (Å²) in [6.07, 6.45) is 0. The van der Waals surface area contributed by atoms with Gasteiger partial charge in [-0.05, 0) is 30.7 Å². The molecule has 0 radical (unpaired) electrons. The van der Waals surface area contributed by atoms with Gasteiger partial charge in [-0.25, -0.2) is 10.9 Å². The minimum Gasteiger partial charge on any atom is -0.508 e. The Labute approximate surface area is 168 Å². The first kappa shape index (κ1) is 19.5. The number of likely N-dealkylation sites (tertiary alicyclic amines) is 1. The summed E-state index contributed by atoms with van der Waals surface area (Å²) >= 11 is 0. The molecule has 29 heavy (non-hydrogen) atoms. The first-order valence-electron chi connectivity index (χ1n) is 9.72. The first-order chi connectivity index (χ1) is 14.1. The van der Waals surface area contributed by atoms with Crippen LogP contribution in [0.5, 0.6) is 17.2 Å².